The van der Waals surface area contributed by atoms with Crippen molar-refractivity contribution in [1.29, 1.82) is 0 Å². The third-order valence-electron chi connectivity index (χ3n) is 15.1. The molecule has 0 radical (unpaired) electrons. The molecule has 0 aromatic heterocycles. The van der Waals surface area contributed by atoms with E-state index in [4.69, 9.17) is 4.74 Å². The molecule has 4 atom stereocenters. The summed E-state index contributed by atoms with van der Waals surface area (Å²) in [5.74, 6) is 1.72. The molecule has 1 saturated carbocycles. The zero-order valence-corrected chi connectivity index (χ0v) is 33.7. The van der Waals surface area contributed by atoms with Crippen molar-refractivity contribution in [2.24, 2.45) is 11.3 Å². The van der Waals surface area contributed by atoms with Crippen LogP contribution in [-0.4, -0.2) is 90.6 Å². The van der Waals surface area contributed by atoms with E-state index in [1.165, 1.54) is 53.6 Å². The maximum absolute atomic E-state index is 13.4. The van der Waals surface area contributed by atoms with Gasteiger partial charge in [0.05, 0.1) is 11.7 Å². The summed E-state index contributed by atoms with van der Waals surface area (Å²) in [6, 6.07) is 30.0. The number of piperazine rings is 1. The van der Waals surface area contributed by atoms with E-state index in [9.17, 15) is 19.5 Å². The molecule has 1 unspecified atom stereocenters. The number of aryl methyl sites for hydroxylation is 1. The molecule has 1 spiro atoms. The predicted octanol–water partition coefficient (Wildman–Crippen LogP) is 6.59. The van der Waals surface area contributed by atoms with Gasteiger partial charge < -0.3 is 24.5 Å². The van der Waals surface area contributed by atoms with Crippen molar-refractivity contribution in [2.75, 3.05) is 55.7 Å². The van der Waals surface area contributed by atoms with Gasteiger partial charge in [-0.05, 0) is 126 Å². The average Bonchev–Trinajstić information content (AvgIpc) is 3.56. The number of anilines is 2. The predicted molar refractivity (Wildman–Crippen MR) is 226 cm³/mol. The largest absolute Gasteiger partial charge is 0.508 e. The molecule has 3 amide bonds. The number of nitrogens with zero attached hydrogens (tertiary/aromatic N) is 4. The van der Waals surface area contributed by atoms with Gasteiger partial charge in [0.25, 0.3) is 5.91 Å². The van der Waals surface area contributed by atoms with E-state index in [1.807, 2.05) is 18.2 Å². The zero-order valence-electron chi connectivity index (χ0n) is 33.7. The van der Waals surface area contributed by atoms with Crippen molar-refractivity contribution in [3.63, 3.8) is 0 Å². The second kappa shape index (κ2) is 14.4. The molecule has 5 aliphatic heterocycles. The van der Waals surface area contributed by atoms with Gasteiger partial charge in [0.2, 0.25) is 11.8 Å². The molecular weight excluding hydrogens is 739 g/mol. The lowest BCUT2D eigenvalue weighted by Gasteiger charge is -2.54. The second-order valence-electron chi connectivity index (χ2n) is 18.6. The van der Waals surface area contributed by atoms with E-state index < -0.39 is 6.04 Å². The van der Waals surface area contributed by atoms with Crippen molar-refractivity contribution >= 4 is 29.1 Å². The highest BCUT2D eigenvalue weighted by molar-refractivity contribution is 6.06. The minimum absolute atomic E-state index is 0.159. The number of carbonyl (C=O) groups excluding carboxylic acids is 3. The molecular formula is C49H53N5O5. The Hall–Kier alpha value is -5.35. The molecule has 2 aliphatic carbocycles. The Balaban J connectivity index is 0.687. The van der Waals surface area contributed by atoms with Gasteiger partial charge in [-0.2, -0.15) is 0 Å². The number of carbonyl (C=O) groups is 3. The van der Waals surface area contributed by atoms with E-state index in [-0.39, 0.29) is 36.1 Å². The summed E-state index contributed by atoms with van der Waals surface area (Å²) >= 11 is 0. The number of ether oxygens (including phenoxy) is 1. The summed E-state index contributed by atoms with van der Waals surface area (Å²) in [6.45, 7) is 7.28. The van der Waals surface area contributed by atoms with Crippen molar-refractivity contribution in [3.05, 3.63) is 118 Å². The Bertz CT molecular complexity index is 2300. The van der Waals surface area contributed by atoms with E-state index in [0.29, 0.717) is 42.2 Å². The summed E-state index contributed by atoms with van der Waals surface area (Å²) in [5, 5.41) is 12.7. The summed E-state index contributed by atoms with van der Waals surface area (Å²) in [6.07, 6.45) is 7.84. The molecule has 59 heavy (non-hydrogen) atoms. The summed E-state index contributed by atoms with van der Waals surface area (Å²) in [4.78, 5) is 47.0. The average molecular weight is 792 g/mol. The molecule has 11 rings (SSSR count). The van der Waals surface area contributed by atoms with E-state index >= 15 is 0 Å². The number of piperidine rings is 2. The van der Waals surface area contributed by atoms with Gasteiger partial charge in [0, 0.05) is 69.4 Å². The first-order valence-electron chi connectivity index (χ1n) is 21.9. The lowest BCUT2D eigenvalue weighted by molar-refractivity contribution is -0.136. The van der Waals surface area contributed by atoms with Crippen LogP contribution < -0.4 is 19.9 Å². The van der Waals surface area contributed by atoms with Crippen LogP contribution in [0.1, 0.15) is 95.0 Å². The number of imide groups is 1. The van der Waals surface area contributed by atoms with Crippen molar-refractivity contribution in [3.8, 4) is 11.5 Å². The second-order valence-corrected chi connectivity index (χ2v) is 18.6. The zero-order chi connectivity index (χ0) is 39.8. The van der Waals surface area contributed by atoms with Gasteiger partial charge in [0.1, 0.15) is 24.1 Å². The quantitative estimate of drug-likeness (QED) is 0.211. The van der Waals surface area contributed by atoms with Crippen LogP contribution in [0.15, 0.2) is 84.9 Å². The number of fused-ring (bicyclic) bond motifs is 5. The normalized spacial score (nSPS) is 26.4. The molecule has 4 fully saturated rings. The Morgan fingerprint density at radius 2 is 1.61 bits per heavy atom. The molecule has 7 aliphatic rings. The molecule has 3 saturated heterocycles. The number of benzene rings is 4. The number of hydrogen-bond acceptors (Lipinski definition) is 8. The molecule has 2 N–H and O–H groups in total. The first-order chi connectivity index (χ1) is 28.8. The van der Waals surface area contributed by atoms with Crippen LogP contribution in [-0.2, 0) is 22.6 Å². The fourth-order valence-corrected chi connectivity index (χ4v) is 12.1. The summed E-state index contributed by atoms with van der Waals surface area (Å²) in [5.41, 5.74) is 9.76. The van der Waals surface area contributed by atoms with Crippen molar-refractivity contribution < 1.29 is 24.2 Å². The van der Waals surface area contributed by atoms with E-state index in [1.54, 1.807) is 4.90 Å². The number of nitrogens with one attached hydrogen (secondary N) is 1. The molecule has 10 heteroatoms. The third kappa shape index (κ3) is 6.55. The monoisotopic (exact) mass is 791 g/mol. The van der Waals surface area contributed by atoms with Crippen LogP contribution in [0.25, 0.3) is 0 Å². The molecule has 5 heterocycles. The summed E-state index contributed by atoms with van der Waals surface area (Å²) in [7, 11) is 0. The topological polar surface area (TPSA) is 106 Å². The van der Waals surface area contributed by atoms with Gasteiger partial charge in [-0.3, -0.25) is 24.6 Å². The van der Waals surface area contributed by atoms with Crippen LogP contribution in [0.2, 0.25) is 0 Å². The van der Waals surface area contributed by atoms with Crippen LogP contribution in [0, 0.1) is 11.3 Å². The summed E-state index contributed by atoms with van der Waals surface area (Å²) < 4.78 is 6.31. The Kier molecular flexibility index (Phi) is 8.98. The number of phenolic OH excluding ortho intramolecular Hbond substituents is 1. The third-order valence-corrected chi connectivity index (χ3v) is 15.1. The highest BCUT2D eigenvalue weighted by Gasteiger charge is 2.47. The van der Waals surface area contributed by atoms with Crippen LogP contribution >= 0.6 is 0 Å². The highest BCUT2D eigenvalue weighted by Crippen LogP contribution is 2.54. The number of hydrogen-bond donors (Lipinski definition) is 2. The van der Waals surface area contributed by atoms with Gasteiger partial charge >= 0.3 is 0 Å². The van der Waals surface area contributed by atoms with Crippen LogP contribution in [0.3, 0.4) is 0 Å². The molecule has 10 nitrogen and oxygen atoms in total. The fourth-order valence-electron chi connectivity index (χ4n) is 12.1. The molecule has 4 aromatic rings. The maximum atomic E-state index is 13.4. The number of amides is 3. The minimum atomic E-state index is -0.615. The minimum Gasteiger partial charge on any atom is -0.508 e. The smallest absolute Gasteiger partial charge is 0.255 e. The van der Waals surface area contributed by atoms with Crippen LogP contribution in [0.5, 0.6) is 11.5 Å². The van der Waals surface area contributed by atoms with Crippen LogP contribution in [0.4, 0.5) is 11.4 Å². The Morgan fingerprint density at radius 1 is 0.797 bits per heavy atom. The standard InChI is InChI=1S/C49H53N5O5/c55-38-11-13-40-34(22-38)8-12-39(32-4-2-1-3-5-32)46(40)33-6-9-36(10-7-33)52-18-16-49(17-19-52)25-31(26-49)27-51-20-21-53-37(29-51)30-59-44-24-41-35(23-43(44)53)28-54(48(41)58)42-14-15-45(56)50-47(42)57/h1-7,9-11,13,22-24,31,37,39,42,46,55H,8,12,14-21,25-30H2,(H,50,56,57)/t37-,39+,42?,46-/m0/s1. The number of aromatic hydroxyl groups is 1. The van der Waals surface area contributed by atoms with E-state index in [0.717, 1.165) is 75.0 Å². The Labute approximate surface area is 346 Å². The van der Waals surface area contributed by atoms with Gasteiger partial charge in [-0.15, -0.1) is 0 Å². The van der Waals surface area contributed by atoms with Crippen molar-refractivity contribution in [1.82, 2.24) is 15.1 Å². The fraction of sp³-hybridized carbons (Fsp3) is 0.449. The van der Waals surface area contributed by atoms with Gasteiger partial charge in [-0.25, -0.2) is 0 Å². The first-order valence-corrected chi connectivity index (χ1v) is 21.9. The van der Waals surface area contributed by atoms with Gasteiger partial charge in [0.15, 0.2) is 0 Å². The van der Waals surface area contributed by atoms with Gasteiger partial charge in [-0.1, -0.05) is 48.5 Å². The number of rotatable bonds is 6. The lowest BCUT2D eigenvalue weighted by Crippen LogP contribution is -2.59. The lowest BCUT2D eigenvalue weighted by atomic mass is 9.57. The van der Waals surface area contributed by atoms with Crippen molar-refractivity contribution in [2.45, 2.75) is 81.8 Å². The first kappa shape index (κ1) is 36.7. The molecule has 0 bridgehead atoms. The highest BCUT2D eigenvalue weighted by atomic mass is 16.5. The number of phenols is 1. The van der Waals surface area contributed by atoms with E-state index in [2.05, 4.69) is 86.7 Å². The molecule has 304 valence electrons. The molecule has 4 aromatic carbocycles. The SMILES string of the molecule is O=C1CCC(N2Cc3cc4c(cc3C2=O)OC[C@@H]2CN(CC3CC5(CCN(c6ccc([C@@H]7c8ccc(O)cc8CC[C@@H]7c7ccccc7)cc6)CC5)C3)CCN42)C(=O)N1. The maximum Gasteiger partial charge on any atom is 0.255 e. The Morgan fingerprint density at radius 3 is 2.41 bits per heavy atom.